The van der Waals surface area contributed by atoms with E-state index >= 15 is 0 Å². The van der Waals surface area contributed by atoms with Gasteiger partial charge in [-0.15, -0.1) is 0 Å². The molecule has 1 aromatic rings. The van der Waals surface area contributed by atoms with Gasteiger partial charge in [-0.25, -0.2) is 0 Å². The van der Waals surface area contributed by atoms with E-state index in [1.807, 2.05) is 7.05 Å². The zero-order valence-electron chi connectivity index (χ0n) is 10.0. The smallest absolute Gasteiger partial charge is 0.253 e. The first kappa shape index (κ1) is 11.9. The number of benzene rings is 1. The number of phenols is 1. The summed E-state index contributed by atoms with van der Waals surface area (Å²) in [6.45, 7) is 1.90. The van der Waals surface area contributed by atoms with E-state index in [0.717, 1.165) is 25.9 Å². The highest BCUT2D eigenvalue weighted by molar-refractivity contribution is 5.94. The molecule has 0 radical (unpaired) electrons. The minimum atomic E-state index is 0.0127. The van der Waals surface area contributed by atoms with Gasteiger partial charge in [-0.2, -0.15) is 0 Å². The number of amides is 1. The maximum atomic E-state index is 12.2. The van der Waals surface area contributed by atoms with Crippen LogP contribution in [0.15, 0.2) is 24.3 Å². The highest BCUT2D eigenvalue weighted by Gasteiger charge is 2.22. The van der Waals surface area contributed by atoms with Crippen LogP contribution in [0.2, 0.25) is 0 Å². The Hall–Kier alpha value is -1.55. The fourth-order valence-corrected chi connectivity index (χ4v) is 2.14. The molecule has 4 nitrogen and oxygen atoms in total. The van der Waals surface area contributed by atoms with Crippen molar-refractivity contribution in [2.45, 2.75) is 18.9 Å². The lowest BCUT2D eigenvalue weighted by molar-refractivity contribution is 0.0708. The maximum Gasteiger partial charge on any atom is 0.253 e. The number of nitrogens with one attached hydrogen (secondary N) is 1. The Bertz CT molecular complexity index is 383. The Balaban J connectivity index is 2.05. The van der Waals surface area contributed by atoms with Crippen molar-refractivity contribution in [2.24, 2.45) is 0 Å². The molecule has 92 valence electrons. The standard InChI is InChI=1S/C13H18N2O2/c1-15(11-3-2-8-14-9-11)13(17)10-4-6-12(16)7-5-10/h4-7,11,14,16H,2-3,8-9H2,1H3. The summed E-state index contributed by atoms with van der Waals surface area (Å²) in [7, 11) is 1.84. The first-order valence-electron chi connectivity index (χ1n) is 5.95. The minimum Gasteiger partial charge on any atom is -0.508 e. The van der Waals surface area contributed by atoms with Gasteiger partial charge in [-0.05, 0) is 43.7 Å². The zero-order valence-corrected chi connectivity index (χ0v) is 10.0. The topological polar surface area (TPSA) is 52.6 Å². The summed E-state index contributed by atoms with van der Waals surface area (Å²) in [4.78, 5) is 14.0. The molecule has 1 saturated heterocycles. The monoisotopic (exact) mass is 234 g/mol. The van der Waals surface area contributed by atoms with Crippen LogP contribution in [0.5, 0.6) is 5.75 Å². The lowest BCUT2D eigenvalue weighted by atomic mass is 10.1. The van der Waals surface area contributed by atoms with E-state index < -0.39 is 0 Å². The Kier molecular flexibility index (Phi) is 3.64. The van der Waals surface area contributed by atoms with Crippen LogP contribution in [0.3, 0.4) is 0 Å². The van der Waals surface area contributed by atoms with Crippen LogP contribution in [0, 0.1) is 0 Å². The average molecular weight is 234 g/mol. The molecular weight excluding hydrogens is 216 g/mol. The summed E-state index contributed by atoms with van der Waals surface area (Å²) >= 11 is 0. The molecule has 1 aliphatic heterocycles. The molecule has 0 bridgehead atoms. The number of hydrogen-bond acceptors (Lipinski definition) is 3. The summed E-state index contributed by atoms with van der Waals surface area (Å²) in [6.07, 6.45) is 2.16. The van der Waals surface area contributed by atoms with Crippen molar-refractivity contribution < 1.29 is 9.90 Å². The highest BCUT2D eigenvalue weighted by Crippen LogP contribution is 2.15. The molecule has 1 fully saturated rings. The highest BCUT2D eigenvalue weighted by atomic mass is 16.3. The van der Waals surface area contributed by atoms with E-state index in [1.54, 1.807) is 29.2 Å². The number of nitrogens with zero attached hydrogens (tertiary/aromatic N) is 1. The quantitative estimate of drug-likeness (QED) is 0.809. The minimum absolute atomic E-state index is 0.0127. The predicted molar refractivity (Wildman–Crippen MR) is 66.1 cm³/mol. The van der Waals surface area contributed by atoms with Crippen molar-refractivity contribution in [3.8, 4) is 5.75 Å². The van der Waals surface area contributed by atoms with Gasteiger partial charge in [-0.1, -0.05) is 0 Å². The number of phenolic OH excluding ortho intramolecular Hbond substituents is 1. The van der Waals surface area contributed by atoms with Crippen molar-refractivity contribution in [3.05, 3.63) is 29.8 Å². The van der Waals surface area contributed by atoms with E-state index in [-0.39, 0.29) is 17.7 Å². The maximum absolute atomic E-state index is 12.2. The van der Waals surface area contributed by atoms with Crippen molar-refractivity contribution in [2.75, 3.05) is 20.1 Å². The van der Waals surface area contributed by atoms with Gasteiger partial charge in [0.1, 0.15) is 5.75 Å². The molecular formula is C13H18N2O2. The number of piperidine rings is 1. The normalized spacial score (nSPS) is 19.9. The lowest BCUT2D eigenvalue weighted by Gasteiger charge is -2.31. The largest absolute Gasteiger partial charge is 0.508 e. The van der Waals surface area contributed by atoms with Crippen LogP contribution in [-0.2, 0) is 0 Å². The van der Waals surface area contributed by atoms with Gasteiger partial charge < -0.3 is 15.3 Å². The zero-order chi connectivity index (χ0) is 12.3. The first-order chi connectivity index (χ1) is 8.18. The van der Waals surface area contributed by atoms with Crippen molar-refractivity contribution in [1.82, 2.24) is 10.2 Å². The number of aromatic hydroxyl groups is 1. The molecule has 4 heteroatoms. The van der Waals surface area contributed by atoms with E-state index in [9.17, 15) is 9.90 Å². The fourth-order valence-electron chi connectivity index (χ4n) is 2.14. The van der Waals surface area contributed by atoms with E-state index in [2.05, 4.69) is 5.32 Å². The van der Waals surface area contributed by atoms with Crippen LogP contribution < -0.4 is 5.32 Å². The average Bonchev–Trinajstić information content (AvgIpc) is 2.39. The van der Waals surface area contributed by atoms with Gasteiger partial charge in [0.15, 0.2) is 0 Å². The second-order valence-electron chi connectivity index (χ2n) is 4.46. The molecule has 1 aromatic carbocycles. The molecule has 1 unspecified atom stereocenters. The Morgan fingerprint density at radius 1 is 1.41 bits per heavy atom. The van der Waals surface area contributed by atoms with Crippen LogP contribution in [0.4, 0.5) is 0 Å². The van der Waals surface area contributed by atoms with Gasteiger partial charge in [0.25, 0.3) is 5.91 Å². The van der Waals surface area contributed by atoms with Crippen molar-refractivity contribution in [1.29, 1.82) is 0 Å². The Labute approximate surface area is 101 Å². The van der Waals surface area contributed by atoms with Gasteiger partial charge in [-0.3, -0.25) is 4.79 Å². The fraction of sp³-hybridized carbons (Fsp3) is 0.462. The van der Waals surface area contributed by atoms with Crippen LogP contribution in [0.1, 0.15) is 23.2 Å². The molecule has 2 N–H and O–H groups in total. The van der Waals surface area contributed by atoms with Crippen LogP contribution >= 0.6 is 0 Å². The third-order valence-corrected chi connectivity index (χ3v) is 3.25. The summed E-state index contributed by atoms with van der Waals surface area (Å²) in [6, 6.07) is 6.67. The number of hydrogen-bond donors (Lipinski definition) is 2. The van der Waals surface area contributed by atoms with E-state index in [0.29, 0.717) is 5.56 Å². The summed E-state index contributed by atoms with van der Waals surface area (Å²) in [5.41, 5.74) is 0.621. The predicted octanol–water partition coefficient (Wildman–Crippen LogP) is 1.22. The molecule has 0 spiro atoms. The lowest BCUT2D eigenvalue weighted by Crippen LogP contribution is -2.46. The third kappa shape index (κ3) is 2.77. The molecule has 2 rings (SSSR count). The molecule has 17 heavy (non-hydrogen) atoms. The first-order valence-corrected chi connectivity index (χ1v) is 5.95. The number of carbonyl (C=O) groups is 1. The van der Waals surface area contributed by atoms with Crippen LogP contribution in [-0.4, -0.2) is 42.1 Å². The van der Waals surface area contributed by atoms with Crippen molar-refractivity contribution in [3.63, 3.8) is 0 Å². The summed E-state index contributed by atoms with van der Waals surface area (Å²) in [5, 5.41) is 12.5. The Morgan fingerprint density at radius 2 is 2.12 bits per heavy atom. The van der Waals surface area contributed by atoms with Gasteiger partial charge in [0, 0.05) is 25.2 Å². The molecule has 0 saturated carbocycles. The second kappa shape index (κ2) is 5.19. The SMILES string of the molecule is CN(C(=O)c1ccc(O)cc1)C1CCCNC1. The summed E-state index contributed by atoms with van der Waals surface area (Å²) in [5.74, 6) is 0.197. The molecule has 0 aliphatic carbocycles. The molecule has 1 aliphatic rings. The van der Waals surface area contributed by atoms with Gasteiger partial charge in [0.2, 0.25) is 0 Å². The van der Waals surface area contributed by atoms with Gasteiger partial charge in [0.05, 0.1) is 0 Å². The molecule has 0 aromatic heterocycles. The van der Waals surface area contributed by atoms with Crippen molar-refractivity contribution >= 4 is 5.91 Å². The molecule has 1 atom stereocenters. The van der Waals surface area contributed by atoms with Crippen LogP contribution in [0.25, 0.3) is 0 Å². The van der Waals surface area contributed by atoms with E-state index in [1.165, 1.54) is 0 Å². The molecule has 1 heterocycles. The summed E-state index contributed by atoms with van der Waals surface area (Å²) < 4.78 is 0. The Morgan fingerprint density at radius 3 is 2.71 bits per heavy atom. The van der Waals surface area contributed by atoms with Gasteiger partial charge >= 0.3 is 0 Å². The third-order valence-electron chi connectivity index (χ3n) is 3.25. The number of carbonyl (C=O) groups excluding carboxylic acids is 1. The van der Waals surface area contributed by atoms with E-state index in [4.69, 9.17) is 0 Å². The molecule has 1 amide bonds. The number of likely N-dealkylation sites (N-methyl/N-ethyl adjacent to an activating group) is 1. The second-order valence-corrected chi connectivity index (χ2v) is 4.46. The number of rotatable bonds is 2.